The predicted octanol–water partition coefficient (Wildman–Crippen LogP) is -2.15. The van der Waals surface area contributed by atoms with Crippen LogP contribution in [0.4, 0.5) is 10.5 Å². The summed E-state index contributed by atoms with van der Waals surface area (Å²) in [5.74, 6) is -0.345. The smallest absolute Gasteiger partial charge is 0.812 e. The normalized spacial score (nSPS) is 9.16. The molecule has 1 aromatic heterocycles. The Hall–Kier alpha value is -1.57. The van der Waals surface area contributed by atoms with Crippen LogP contribution < -0.4 is 67.1 Å². The maximum Gasteiger partial charge on any atom is 1.00 e. The van der Waals surface area contributed by atoms with Crippen LogP contribution in [0.3, 0.4) is 0 Å². The summed E-state index contributed by atoms with van der Waals surface area (Å²) in [7, 11) is 1.90. The molecule has 128 valence electrons. The maximum atomic E-state index is 11.7. The molecule has 25 heavy (non-hydrogen) atoms. The first-order valence-corrected chi connectivity index (χ1v) is 7.24. The largest absolute Gasteiger partial charge is 1.00 e. The first-order valence-electron chi connectivity index (χ1n) is 7.24. The number of primary amides is 1. The molecule has 0 aliphatic carbocycles. The molecule has 0 radical (unpaired) electrons. The third kappa shape index (κ3) is 6.68. The molecule has 1 aromatic carbocycles. The summed E-state index contributed by atoms with van der Waals surface area (Å²) in [4.78, 5) is 24.6. The van der Waals surface area contributed by atoms with Crippen LogP contribution in [-0.4, -0.2) is 29.7 Å². The fraction of sp³-hybridized carbons (Fsp3) is 0.312. The number of ether oxygens (including phenoxy) is 1. The number of carbonyl (C=O) groups excluding carboxylic acids is 2. The van der Waals surface area contributed by atoms with E-state index >= 15 is 0 Å². The number of para-hydroxylation sites is 1. The van der Waals surface area contributed by atoms with Crippen molar-refractivity contribution in [2.45, 2.75) is 13.3 Å². The van der Waals surface area contributed by atoms with Crippen LogP contribution in [0.15, 0.2) is 30.5 Å². The molecule has 0 bridgehead atoms. The Kier molecular flexibility index (Phi) is 11.1. The zero-order chi connectivity index (χ0) is 18.1. The fourth-order valence-electron chi connectivity index (χ4n) is 2.34. The molecule has 2 amide bonds. The summed E-state index contributed by atoms with van der Waals surface area (Å²) in [6.45, 7) is 2.26. The third-order valence-electron chi connectivity index (χ3n) is 3.28. The first-order chi connectivity index (χ1) is 11.5. The molecule has 0 saturated heterocycles. The summed E-state index contributed by atoms with van der Waals surface area (Å²) in [5.41, 5.74) is 7.06. The summed E-state index contributed by atoms with van der Waals surface area (Å²) >= 11 is 0. The van der Waals surface area contributed by atoms with E-state index in [0.717, 1.165) is 10.9 Å². The van der Waals surface area contributed by atoms with Crippen LogP contribution in [0.2, 0.25) is 0 Å². The molecule has 0 fully saturated rings. The van der Waals surface area contributed by atoms with Gasteiger partial charge in [-0.1, -0.05) is 12.1 Å². The van der Waals surface area contributed by atoms with Crippen molar-refractivity contribution in [1.29, 1.82) is 5.26 Å². The minimum atomic E-state index is -0.590. The van der Waals surface area contributed by atoms with E-state index in [9.17, 15) is 9.59 Å². The quantitative estimate of drug-likeness (QED) is 0.365. The Morgan fingerprint density at radius 2 is 2.04 bits per heavy atom. The van der Waals surface area contributed by atoms with E-state index in [1.165, 1.54) is 4.90 Å². The number of amides is 2. The predicted molar refractivity (Wildman–Crippen MR) is 86.7 cm³/mol. The summed E-state index contributed by atoms with van der Waals surface area (Å²) in [5, 5.41) is 16.0. The third-order valence-corrected chi connectivity index (χ3v) is 3.28. The van der Waals surface area contributed by atoms with Gasteiger partial charge in [-0.05, 0) is 19.1 Å². The minimum absolute atomic E-state index is 0. The standard InChI is InChI=1S/C15H19N3O3.CHNO.K/c1-3-21-13(19)8-10-18(15(16)20)12-6-4-5-11-7-9-17(2)14(11)12;2-1-3;/h4-7,9H,3,8,10H2,1-2H3,(H2,16,20);3H;/q;;+1/p-1. The van der Waals surface area contributed by atoms with Crippen LogP contribution in [0.1, 0.15) is 13.3 Å². The number of nitriles is 1. The van der Waals surface area contributed by atoms with Crippen LogP contribution >= 0.6 is 0 Å². The van der Waals surface area contributed by atoms with Crippen LogP contribution in [0.5, 0.6) is 0 Å². The van der Waals surface area contributed by atoms with E-state index in [-0.39, 0.29) is 70.3 Å². The van der Waals surface area contributed by atoms with Crippen LogP contribution in [-0.2, 0) is 16.6 Å². The van der Waals surface area contributed by atoms with Crippen molar-refractivity contribution >= 4 is 28.6 Å². The van der Waals surface area contributed by atoms with Gasteiger partial charge in [-0.15, -0.1) is 0 Å². The van der Waals surface area contributed by atoms with E-state index in [2.05, 4.69) is 0 Å². The van der Waals surface area contributed by atoms with Crippen molar-refractivity contribution in [3.8, 4) is 6.26 Å². The minimum Gasteiger partial charge on any atom is -0.812 e. The molecule has 2 N–H and O–H groups in total. The number of benzene rings is 1. The van der Waals surface area contributed by atoms with Gasteiger partial charge in [0, 0.05) is 31.4 Å². The molecule has 8 nitrogen and oxygen atoms in total. The maximum absolute atomic E-state index is 11.7. The number of hydrogen-bond donors (Lipinski definition) is 1. The van der Waals surface area contributed by atoms with Gasteiger partial charge in [0.05, 0.1) is 24.2 Å². The number of urea groups is 1. The molecule has 0 atom stereocenters. The molecule has 2 rings (SSSR count). The van der Waals surface area contributed by atoms with Gasteiger partial charge in [0.25, 0.3) is 0 Å². The Bertz CT molecular complexity index is 754. The van der Waals surface area contributed by atoms with Gasteiger partial charge in [0.2, 0.25) is 0 Å². The molecular formula is C16H19KN4O4. The number of anilines is 1. The van der Waals surface area contributed by atoms with E-state index in [4.69, 9.17) is 20.8 Å². The van der Waals surface area contributed by atoms with Crippen molar-refractivity contribution in [3.05, 3.63) is 30.5 Å². The van der Waals surface area contributed by atoms with Crippen molar-refractivity contribution in [2.75, 3.05) is 18.1 Å². The van der Waals surface area contributed by atoms with E-state index < -0.39 is 6.03 Å². The van der Waals surface area contributed by atoms with Crippen LogP contribution in [0, 0.1) is 11.5 Å². The molecule has 0 aliphatic rings. The van der Waals surface area contributed by atoms with Crippen LogP contribution in [0.25, 0.3) is 10.9 Å². The molecule has 0 saturated carbocycles. The Morgan fingerprint density at radius 3 is 2.60 bits per heavy atom. The number of rotatable bonds is 5. The monoisotopic (exact) mass is 370 g/mol. The zero-order valence-corrected chi connectivity index (χ0v) is 17.7. The van der Waals surface area contributed by atoms with Crippen molar-refractivity contribution in [3.63, 3.8) is 0 Å². The Labute approximate surface area is 188 Å². The molecule has 9 heteroatoms. The number of aryl methyl sites for hydroxylation is 1. The molecular weight excluding hydrogens is 351 g/mol. The summed E-state index contributed by atoms with van der Waals surface area (Å²) in [6, 6.07) is 7.01. The number of nitrogens with two attached hydrogens (primary N) is 1. The number of fused-ring (bicyclic) bond motifs is 1. The second-order valence-corrected chi connectivity index (χ2v) is 4.78. The second-order valence-electron chi connectivity index (χ2n) is 4.78. The van der Waals surface area contributed by atoms with Gasteiger partial charge in [0.1, 0.15) is 0 Å². The number of carbonyl (C=O) groups is 2. The Balaban J connectivity index is 0.00000134. The van der Waals surface area contributed by atoms with E-state index in [1.807, 2.05) is 42.1 Å². The van der Waals surface area contributed by atoms with Gasteiger partial charge in [0.15, 0.2) is 0 Å². The van der Waals surface area contributed by atoms with Crippen molar-refractivity contribution < 1.29 is 70.8 Å². The summed E-state index contributed by atoms with van der Waals surface area (Å²) < 4.78 is 6.80. The molecule has 0 unspecified atom stereocenters. The average molecular weight is 370 g/mol. The second kappa shape index (κ2) is 11.9. The first kappa shape index (κ1) is 23.4. The average Bonchev–Trinajstić information content (AvgIpc) is 2.90. The summed E-state index contributed by atoms with van der Waals surface area (Å²) in [6.07, 6.45) is 2.52. The van der Waals surface area contributed by atoms with Gasteiger partial charge in [-0.25, -0.2) is 10.1 Å². The number of esters is 1. The fourth-order valence-corrected chi connectivity index (χ4v) is 2.34. The SMILES string of the molecule is CCOC(=O)CCN(C(N)=O)c1cccc2ccn(C)c12.N#C[O-].[K+]. The van der Waals surface area contributed by atoms with Crippen molar-refractivity contribution in [1.82, 2.24) is 4.57 Å². The van der Waals surface area contributed by atoms with E-state index in [0.29, 0.717) is 18.5 Å². The molecule has 0 spiro atoms. The molecule has 2 aromatic rings. The molecule has 1 heterocycles. The number of nitrogens with zero attached hydrogens (tertiary/aromatic N) is 3. The van der Waals surface area contributed by atoms with E-state index in [1.54, 1.807) is 6.92 Å². The zero-order valence-electron chi connectivity index (χ0n) is 14.6. The van der Waals surface area contributed by atoms with Gasteiger partial charge < -0.3 is 20.1 Å². The molecule has 0 aliphatic heterocycles. The number of hydrogen-bond acceptors (Lipinski definition) is 5. The van der Waals surface area contributed by atoms with Gasteiger partial charge in [-0.2, -0.15) is 0 Å². The van der Waals surface area contributed by atoms with Crippen molar-refractivity contribution in [2.24, 2.45) is 12.8 Å². The topological polar surface area (TPSA) is 124 Å². The number of aromatic nitrogens is 1. The van der Waals surface area contributed by atoms with Gasteiger partial charge >= 0.3 is 63.4 Å². The Morgan fingerprint density at radius 1 is 1.40 bits per heavy atom. The van der Waals surface area contributed by atoms with Gasteiger partial charge in [-0.3, -0.25) is 9.69 Å².